The molecule has 0 aliphatic heterocycles. The van der Waals surface area contributed by atoms with Crippen molar-refractivity contribution in [3.8, 4) is 0 Å². The lowest BCUT2D eigenvalue weighted by Gasteiger charge is -2.17. The molecule has 7 heteroatoms. The average molecular weight is 454 g/mol. The Hall–Kier alpha value is -0.0200. The molecule has 1 saturated carbocycles. The number of aliphatic imine (C=N–C) groups is 1. The Morgan fingerprint density at radius 1 is 1.50 bits per heavy atom. The molecule has 2 N–H and O–H groups in total. The number of nitrogens with one attached hydrogen (secondary N) is 2. The maximum atomic E-state index is 4.68. The van der Waals surface area contributed by atoms with Crippen LogP contribution < -0.4 is 10.6 Å². The molecule has 0 aromatic carbocycles. The van der Waals surface area contributed by atoms with E-state index in [0.717, 1.165) is 41.4 Å². The van der Waals surface area contributed by atoms with Crippen molar-refractivity contribution in [1.82, 2.24) is 15.6 Å². The van der Waals surface area contributed by atoms with Crippen molar-refractivity contribution in [2.75, 3.05) is 19.3 Å². The normalized spacial score (nSPS) is 21.5. The summed E-state index contributed by atoms with van der Waals surface area (Å²) in [6.45, 7) is 5.85. The van der Waals surface area contributed by atoms with Crippen molar-refractivity contribution >= 4 is 53.0 Å². The predicted octanol–water partition coefficient (Wildman–Crippen LogP) is 3.45. The third-order valence-corrected chi connectivity index (χ3v) is 5.62. The van der Waals surface area contributed by atoms with Gasteiger partial charge in [-0.15, -0.1) is 35.3 Å². The van der Waals surface area contributed by atoms with Crippen LogP contribution >= 0.6 is 47.1 Å². The minimum Gasteiger partial charge on any atom is -0.357 e. The molecule has 1 aromatic rings. The highest BCUT2D eigenvalue weighted by atomic mass is 127. The van der Waals surface area contributed by atoms with Crippen LogP contribution in [0.3, 0.4) is 0 Å². The molecule has 2 rings (SSSR count). The second-order valence-corrected chi connectivity index (χ2v) is 7.58. The number of thiazole rings is 1. The van der Waals surface area contributed by atoms with Crippen LogP contribution in [0.2, 0.25) is 0 Å². The lowest BCUT2D eigenvalue weighted by atomic mass is 10.2. The maximum Gasteiger partial charge on any atom is 0.191 e. The summed E-state index contributed by atoms with van der Waals surface area (Å²) >= 11 is 3.70. The van der Waals surface area contributed by atoms with Gasteiger partial charge in [0.2, 0.25) is 0 Å². The second-order valence-electron chi connectivity index (χ2n) is 5.38. The third kappa shape index (κ3) is 6.62. The zero-order valence-electron chi connectivity index (χ0n) is 13.6. The lowest BCUT2D eigenvalue weighted by Crippen LogP contribution is -2.42. The largest absolute Gasteiger partial charge is 0.357 e. The van der Waals surface area contributed by atoms with Gasteiger partial charge in [0.1, 0.15) is 0 Å². The molecule has 22 heavy (non-hydrogen) atoms. The molecule has 0 amide bonds. The highest BCUT2D eigenvalue weighted by Crippen LogP contribution is 2.27. The molecule has 0 radical (unpaired) electrons. The van der Waals surface area contributed by atoms with E-state index in [1.165, 1.54) is 19.3 Å². The molecule has 1 aliphatic rings. The van der Waals surface area contributed by atoms with Gasteiger partial charge in [0.25, 0.3) is 0 Å². The summed E-state index contributed by atoms with van der Waals surface area (Å²) < 4.78 is 0. The van der Waals surface area contributed by atoms with Gasteiger partial charge in [-0.05, 0) is 39.4 Å². The highest BCUT2D eigenvalue weighted by Gasteiger charge is 2.24. The number of guanidine groups is 1. The summed E-state index contributed by atoms with van der Waals surface area (Å²) in [5.41, 5.74) is 1.15. The molecule has 0 bridgehead atoms. The van der Waals surface area contributed by atoms with Crippen LogP contribution in [0.4, 0.5) is 0 Å². The molecule has 126 valence electrons. The fourth-order valence-electron chi connectivity index (χ4n) is 2.60. The first-order valence-electron chi connectivity index (χ1n) is 7.70. The van der Waals surface area contributed by atoms with Gasteiger partial charge in [0.05, 0.1) is 10.7 Å². The monoisotopic (exact) mass is 454 g/mol. The fourth-order valence-corrected chi connectivity index (χ4v) is 4.05. The molecule has 2 atom stereocenters. The Morgan fingerprint density at radius 3 is 2.91 bits per heavy atom. The standard InChI is InChI=1S/C15H26N4S2.HI/c1-4-16-15(19-12-5-6-14(9-12)20-3)17-8-7-13-10-21-11(2)18-13;/h10,12,14H,4-9H2,1-3H3,(H2,16,17,19);1H. The summed E-state index contributed by atoms with van der Waals surface area (Å²) in [6.07, 6.45) is 6.94. The number of rotatable bonds is 6. The van der Waals surface area contributed by atoms with Crippen molar-refractivity contribution in [2.24, 2.45) is 4.99 Å². The molecule has 1 aliphatic carbocycles. The molecule has 1 heterocycles. The van der Waals surface area contributed by atoms with E-state index in [9.17, 15) is 0 Å². The molecular weight excluding hydrogens is 427 g/mol. The highest BCUT2D eigenvalue weighted by molar-refractivity contribution is 14.0. The van der Waals surface area contributed by atoms with Gasteiger partial charge in [0, 0.05) is 36.2 Å². The fraction of sp³-hybridized carbons (Fsp3) is 0.733. The van der Waals surface area contributed by atoms with Crippen LogP contribution in [0.25, 0.3) is 0 Å². The van der Waals surface area contributed by atoms with Crippen LogP contribution in [0.5, 0.6) is 0 Å². The van der Waals surface area contributed by atoms with Crippen molar-refractivity contribution in [3.05, 3.63) is 16.1 Å². The number of thioether (sulfide) groups is 1. The Labute approximate surface area is 159 Å². The van der Waals surface area contributed by atoms with Crippen molar-refractivity contribution in [1.29, 1.82) is 0 Å². The van der Waals surface area contributed by atoms with Crippen molar-refractivity contribution in [2.45, 2.75) is 50.8 Å². The van der Waals surface area contributed by atoms with E-state index >= 15 is 0 Å². The Balaban J connectivity index is 0.00000242. The van der Waals surface area contributed by atoms with E-state index in [1.54, 1.807) is 11.3 Å². The second kappa shape index (κ2) is 10.7. The Morgan fingerprint density at radius 2 is 2.32 bits per heavy atom. The van der Waals surface area contributed by atoms with Crippen LogP contribution in [0, 0.1) is 6.92 Å². The number of hydrogen-bond acceptors (Lipinski definition) is 4. The molecule has 1 fully saturated rings. The molecule has 0 spiro atoms. The maximum absolute atomic E-state index is 4.68. The summed E-state index contributed by atoms with van der Waals surface area (Å²) in [4.78, 5) is 9.17. The van der Waals surface area contributed by atoms with Gasteiger partial charge < -0.3 is 10.6 Å². The van der Waals surface area contributed by atoms with Gasteiger partial charge in [0.15, 0.2) is 5.96 Å². The molecule has 0 saturated heterocycles. The van der Waals surface area contributed by atoms with Gasteiger partial charge in [-0.1, -0.05) is 0 Å². The van der Waals surface area contributed by atoms with Gasteiger partial charge in [-0.3, -0.25) is 4.99 Å². The summed E-state index contributed by atoms with van der Waals surface area (Å²) in [7, 11) is 0. The number of hydrogen-bond donors (Lipinski definition) is 2. The van der Waals surface area contributed by atoms with E-state index in [1.807, 2.05) is 18.7 Å². The first-order chi connectivity index (χ1) is 10.2. The van der Waals surface area contributed by atoms with E-state index in [0.29, 0.717) is 6.04 Å². The van der Waals surface area contributed by atoms with Crippen molar-refractivity contribution < 1.29 is 0 Å². The zero-order chi connectivity index (χ0) is 15.1. The van der Waals surface area contributed by atoms with Crippen LogP contribution in [0.1, 0.15) is 36.9 Å². The van der Waals surface area contributed by atoms with E-state index in [4.69, 9.17) is 0 Å². The van der Waals surface area contributed by atoms with Crippen LogP contribution in [-0.4, -0.2) is 41.6 Å². The summed E-state index contributed by atoms with van der Waals surface area (Å²) in [5, 5.41) is 11.0. The first-order valence-corrected chi connectivity index (χ1v) is 9.86. The van der Waals surface area contributed by atoms with E-state index in [-0.39, 0.29) is 24.0 Å². The molecular formula is C15H27IN4S2. The number of aryl methyl sites for hydroxylation is 1. The molecule has 1 aromatic heterocycles. The average Bonchev–Trinajstić information content (AvgIpc) is 3.08. The number of nitrogens with zero attached hydrogens (tertiary/aromatic N) is 2. The quantitative estimate of drug-likeness (QED) is 0.393. The van der Waals surface area contributed by atoms with Crippen molar-refractivity contribution in [3.63, 3.8) is 0 Å². The van der Waals surface area contributed by atoms with E-state index in [2.05, 4.69) is 39.2 Å². The van der Waals surface area contributed by atoms with Crippen LogP contribution in [0.15, 0.2) is 10.4 Å². The SMILES string of the molecule is CCNC(=NCCc1csc(C)n1)NC1CCC(SC)C1.I. The minimum absolute atomic E-state index is 0. The smallest absolute Gasteiger partial charge is 0.191 e. The third-order valence-electron chi connectivity index (χ3n) is 3.71. The van der Waals surface area contributed by atoms with Gasteiger partial charge in [-0.25, -0.2) is 4.98 Å². The van der Waals surface area contributed by atoms with E-state index < -0.39 is 0 Å². The first kappa shape index (κ1) is 20.0. The van der Waals surface area contributed by atoms with Crippen LogP contribution in [-0.2, 0) is 6.42 Å². The summed E-state index contributed by atoms with van der Waals surface area (Å²) in [5.74, 6) is 0.955. The predicted molar refractivity (Wildman–Crippen MR) is 110 cm³/mol. The Kier molecular flexibility index (Phi) is 9.74. The number of halogens is 1. The topological polar surface area (TPSA) is 49.3 Å². The number of aromatic nitrogens is 1. The van der Waals surface area contributed by atoms with Gasteiger partial charge >= 0.3 is 0 Å². The zero-order valence-corrected chi connectivity index (χ0v) is 17.6. The minimum atomic E-state index is 0. The lowest BCUT2D eigenvalue weighted by molar-refractivity contribution is 0.615. The summed E-state index contributed by atoms with van der Waals surface area (Å²) in [6, 6.07) is 0.571. The molecule has 2 unspecified atom stereocenters. The van der Waals surface area contributed by atoms with Gasteiger partial charge in [-0.2, -0.15) is 11.8 Å². The molecule has 4 nitrogen and oxygen atoms in total. The Bertz CT molecular complexity index is 464.